The number of aromatic nitrogens is 2. The number of likely N-dealkylation sites (N-methyl/N-ethyl adjacent to an activating group) is 1. The first kappa shape index (κ1) is 14.8. The van der Waals surface area contributed by atoms with Crippen molar-refractivity contribution in [1.29, 1.82) is 0 Å². The standard InChI is InChI=1S/C13H27N5/c1-7-8-10-11(14)12(18(6)16-10)15-9-13(2,3)17(4)5/h15H,7-9,14H2,1-6H3. The maximum atomic E-state index is 6.14. The summed E-state index contributed by atoms with van der Waals surface area (Å²) in [5, 5.41) is 7.88. The van der Waals surface area contributed by atoms with Crippen molar-refractivity contribution in [2.45, 2.75) is 39.2 Å². The molecule has 104 valence electrons. The predicted molar refractivity (Wildman–Crippen MR) is 77.9 cm³/mol. The Bertz CT molecular complexity index is 392. The van der Waals surface area contributed by atoms with Gasteiger partial charge in [-0.15, -0.1) is 0 Å². The molecule has 5 nitrogen and oxygen atoms in total. The van der Waals surface area contributed by atoms with Crippen LogP contribution in [-0.2, 0) is 13.5 Å². The maximum Gasteiger partial charge on any atom is 0.147 e. The molecule has 3 N–H and O–H groups in total. The summed E-state index contributed by atoms with van der Waals surface area (Å²) >= 11 is 0. The Morgan fingerprint density at radius 2 is 2.00 bits per heavy atom. The third-order valence-electron chi connectivity index (χ3n) is 3.55. The molecule has 0 spiro atoms. The zero-order valence-corrected chi connectivity index (χ0v) is 12.5. The molecule has 0 aliphatic rings. The molecule has 1 heterocycles. The van der Waals surface area contributed by atoms with Gasteiger partial charge in [0.1, 0.15) is 5.82 Å². The average molecular weight is 253 g/mol. The fourth-order valence-electron chi connectivity index (χ4n) is 1.69. The van der Waals surface area contributed by atoms with E-state index in [9.17, 15) is 0 Å². The third kappa shape index (κ3) is 3.16. The van der Waals surface area contributed by atoms with Crippen LogP contribution in [0.2, 0.25) is 0 Å². The van der Waals surface area contributed by atoms with E-state index in [1.807, 2.05) is 11.7 Å². The Hall–Kier alpha value is -1.23. The van der Waals surface area contributed by atoms with Crippen molar-refractivity contribution in [1.82, 2.24) is 14.7 Å². The largest absolute Gasteiger partial charge is 0.394 e. The first-order valence-corrected chi connectivity index (χ1v) is 6.52. The molecule has 5 heteroatoms. The second-order valence-electron chi connectivity index (χ2n) is 5.64. The third-order valence-corrected chi connectivity index (χ3v) is 3.55. The Labute approximate surface area is 110 Å². The minimum atomic E-state index is 0.0711. The predicted octanol–water partition coefficient (Wildman–Crippen LogP) is 1.71. The first-order valence-electron chi connectivity index (χ1n) is 6.52. The molecule has 0 atom stereocenters. The van der Waals surface area contributed by atoms with Crippen molar-refractivity contribution < 1.29 is 0 Å². The smallest absolute Gasteiger partial charge is 0.147 e. The number of nitrogens with zero attached hydrogens (tertiary/aromatic N) is 3. The summed E-state index contributed by atoms with van der Waals surface area (Å²) < 4.78 is 1.84. The monoisotopic (exact) mass is 253 g/mol. The topological polar surface area (TPSA) is 59.1 Å². The molecule has 0 saturated heterocycles. The molecular weight excluding hydrogens is 226 g/mol. The molecule has 0 aliphatic carbocycles. The number of anilines is 2. The molecular formula is C13H27N5. The van der Waals surface area contributed by atoms with Crippen LogP contribution in [0.1, 0.15) is 32.9 Å². The van der Waals surface area contributed by atoms with Crippen LogP contribution in [-0.4, -0.2) is 40.9 Å². The second kappa shape index (κ2) is 5.61. The first-order chi connectivity index (χ1) is 8.29. The van der Waals surface area contributed by atoms with Gasteiger partial charge in [-0.1, -0.05) is 13.3 Å². The Morgan fingerprint density at radius 3 is 2.50 bits per heavy atom. The molecule has 0 aromatic carbocycles. The highest BCUT2D eigenvalue weighted by Gasteiger charge is 2.21. The number of aryl methyl sites for hydroxylation is 2. The lowest BCUT2D eigenvalue weighted by Crippen LogP contribution is -2.44. The quantitative estimate of drug-likeness (QED) is 0.810. The number of nitrogens with one attached hydrogen (secondary N) is 1. The van der Waals surface area contributed by atoms with Crippen LogP contribution in [0.3, 0.4) is 0 Å². The van der Waals surface area contributed by atoms with Crippen LogP contribution in [0.25, 0.3) is 0 Å². The number of nitrogens with two attached hydrogens (primary N) is 1. The van der Waals surface area contributed by atoms with Crippen molar-refractivity contribution in [3.8, 4) is 0 Å². The highest BCUT2D eigenvalue weighted by molar-refractivity contribution is 5.65. The minimum absolute atomic E-state index is 0.0711. The number of hydrogen-bond acceptors (Lipinski definition) is 4. The van der Waals surface area contributed by atoms with Crippen molar-refractivity contribution in [2.75, 3.05) is 31.7 Å². The van der Waals surface area contributed by atoms with E-state index >= 15 is 0 Å². The number of rotatable bonds is 6. The molecule has 1 aromatic heterocycles. The second-order valence-corrected chi connectivity index (χ2v) is 5.64. The SMILES string of the molecule is CCCc1nn(C)c(NCC(C)(C)N(C)C)c1N. The zero-order valence-electron chi connectivity index (χ0n) is 12.5. The van der Waals surface area contributed by atoms with Gasteiger partial charge in [0.15, 0.2) is 0 Å². The van der Waals surface area contributed by atoms with Gasteiger partial charge in [-0.25, -0.2) is 0 Å². The van der Waals surface area contributed by atoms with E-state index in [0.717, 1.165) is 36.6 Å². The lowest BCUT2D eigenvalue weighted by atomic mass is 10.0. The van der Waals surface area contributed by atoms with Crippen LogP contribution in [0.4, 0.5) is 11.5 Å². The van der Waals surface area contributed by atoms with Gasteiger partial charge >= 0.3 is 0 Å². The average Bonchev–Trinajstić information content (AvgIpc) is 2.52. The van der Waals surface area contributed by atoms with Gasteiger partial charge in [-0.2, -0.15) is 5.10 Å². The van der Waals surface area contributed by atoms with Crippen LogP contribution in [0.15, 0.2) is 0 Å². The lowest BCUT2D eigenvalue weighted by molar-refractivity contribution is 0.210. The van der Waals surface area contributed by atoms with Gasteiger partial charge in [0, 0.05) is 19.1 Å². The summed E-state index contributed by atoms with van der Waals surface area (Å²) in [6.45, 7) is 7.35. The maximum absolute atomic E-state index is 6.14. The Kier molecular flexibility index (Phi) is 4.62. The molecule has 1 aromatic rings. The Morgan fingerprint density at radius 1 is 1.39 bits per heavy atom. The van der Waals surface area contributed by atoms with Gasteiger partial charge in [-0.3, -0.25) is 4.68 Å². The van der Waals surface area contributed by atoms with Crippen molar-refractivity contribution in [2.24, 2.45) is 7.05 Å². The summed E-state index contributed by atoms with van der Waals surface area (Å²) in [7, 11) is 6.09. The Balaban J connectivity index is 2.79. The van der Waals surface area contributed by atoms with Crippen LogP contribution in [0, 0.1) is 0 Å². The molecule has 0 aliphatic heterocycles. The molecule has 0 fully saturated rings. The molecule has 1 rings (SSSR count). The summed E-state index contributed by atoms with van der Waals surface area (Å²) in [4.78, 5) is 2.19. The zero-order chi connectivity index (χ0) is 13.9. The molecule has 0 unspecified atom stereocenters. The highest BCUT2D eigenvalue weighted by atomic mass is 15.3. The van der Waals surface area contributed by atoms with Crippen molar-refractivity contribution >= 4 is 11.5 Å². The van der Waals surface area contributed by atoms with E-state index in [4.69, 9.17) is 5.73 Å². The van der Waals surface area contributed by atoms with Gasteiger partial charge < -0.3 is 16.0 Å². The van der Waals surface area contributed by atoms with E-state index in [-0.39, 0.29) is 5.54 Å². The van der Waals surface area contributed by atoms with E-state index in [2.05, 4.69) is 50.2 Å². The van der Waals surface area contributed by atoms with Crippen molar-refractivity contribution in [3.63, 3.8) is 0 Å². The van der Waals surface area contributed by atoms with Crippen LogP contribution in [0.5, 0.6) is 0 Å². The van der Waals surface area contributed by atoms with Gasteiger partial charge in [0.25, 0.3) is 0 Å². The number of hydrogen-bond donors (Lipinski definition) is 2. The van der Waals surface area contributed by atoms with Crippen LogP contribution < -0.4 is 11.1 Å². The molecule has 0 amide bonds. The fraction of sp³-hybridized carbons (Fsp3) is 0.769. The summed E-state index contributed by atoms with van der Waals surface area (Å²) in [5.41, 5.74) is 7.98. The summed E-state index contributed by atoms with van der Waals surface area (Å²) in [6, 6.07) is 0. The van der Waals surface area contributed by atoms with Gasteiger partial charge in [0.2, 0.25) is 0 Å². The summed E-state index contributed by atoms with van der Waals surface area (Å²) in [5.74, 6) is 0.924. The van der Waals surface area contributed by atoms with Gasteiger partial charge in [-0.05, 0) is 34.4 Å². The van der Waals surface area contributed by atoms with E-state index in [1.165, 1.54) is 0 Å². The molecule has 0 radical (unpaired) electrons. The van der Waals surface area contributed by atoms with Crippen LogP contribution >= 0.6 is 0 Å². The normalized spacial score (nSPS) is 12.2. The van der Waals surface area contributed by atoms with E-state index < -0.39 is 0 Å². The fourth-order valence-corrected chi connectivity index (χ4v) is 1.69. The van der Waals surface area contributed by atoms with E-state index in [0.29, 0.717) is 0 Å². The minimum Gasteiger partial charge on any atom is -0.394 e. The lowest BCUT2D eigenvalue weighted by Gasteiger charge is -2.33. The molecule has 0 saturated carbocycles. The van der Waals surface area contributed by atoms with Crippen molar-refractivity contribution in [3.05, 3.63) is 5.69 Å². The van der Waals surface area contributed by atoms with E-state index in [1.54, 1.807) is 0 Å². The number of nitrogen functional groups attached to an aromatic ring is 1. The molecule has 0 bridgehead atoms. The highest BCUT2D eigenvalue weighted by Crippen LogP contribution is 2.24. The molecule has 18 heavy (non-hydrogen) atoms. The van der Waals surface area contributed by atoms with Gasteiger partial charge in [0.05, 0.1) is 11.4 Å². The summed E-state index contributed by atoms with van der Waals surface area (Å²) in [6.07, 6.45) is 1.99.